The average Bonchev–Trinajstić information content (AvgIpc) is 2.56. The fraction of sp³-hybridized carbons (Fsp3) is 0.111. The molecule has 2 aromatic carbocycles. The minimum atomic E-state index is 0.601. The van der Waals surface area contributed by atoms with Crippen molar-refractivity contribution in [3.05, 3.63) is 76.4 Å². The summed E-state index contributed by atoms with van der Waals surface area (Å²) in [5.41, 5.74) is 3.42. The highest BCUT2D eigenvalue weighted by Gasteiger charge is 2.02. The standard InChI is InChI=1S/C18H17BrN4/c1-13-5-4-6-14(11-13)12-21-18-20-10-9-17(23-18)22-16-8-3-2-7-15(16)19/h2-11H,12H2,1H3,(H2,20,21,22,23). The Bertz CT molecular complexity index is 804. The van der Waals surface area contributed by atoms with Crippen LogP contribution in [0.4, 0.5) is 17.5 Å². The molecule has 1 aromatic heterocycles. The van der Waals surface area contributed by atoms with Crippen LogP contribution in [0.25, 0.3) is 0 Å². The molecule has 0 atom stereocenters. The third kappa shape index (κ3) is 4.29. The monoisotopic (exact) mass is 368 g/mol. The molecule has 0 bridgehead atoms. The molecule has 0 radical (unpaired) electrons. The van der Waals surface area contributed by atoms with E-state index in [0.29, 0.717) is 12.5 Å². The van der Waals surface area contributed by atoms with Crippen LogP contribution in [0, 0.1) is 6.92 Å². The van der Waals surface area contributed by atoms with Gasteiger partial charge in [0.25, 0.3) is 0 Å². The number of hydrogen-bond acceptors (Lipinski definition) is 4. The minimum absolute atomic E-state index is 0.601. The highest BCUT2D eigenvalue weighted by atomic mass is 79.9. The molecule has 0 spiro atoms. The molecular weight excluding hydrogens is 352 g/mol. The van der Waals surface area contributed by atoms with E-state index in [9.17, 15) is 0 Å². The third-order valence-corrected chi connectivity index (χ3v) is 4.02. The van der Waals surface area contributed by atoms with E-state index in [4.69, 9.17) is 0 Å². The van der Waals surface area contributed by atoms with Crippen molar-refractivity contribution in [1.82, 2.24) is 9.97 Å². The van der Waals surface area contributed by atoms with Gasteiger partial charge in [-0.1, -0.05) is 42.0 Å². The first kappa shape index (κ1) is 15.5. The minimum Gasteiger partial charge on any atom is -0.350 e. The SMILES string of the molecule is Cc1cccc(CNc2nccc(Nc3ccccc3Br)n2)c1. The maximum atomic E-state index is 4.49. The molecule has 0 saturated heterocycles. The number of nitrogens with one attached hydrogen (secondary N) is 2. The lowest BCUT2D eigenvalue weighted by molar-refractivity contribution is 1.05. The molecule has 0 aliphatic rings. The van der Waals surface area contributed by atoms with Crippen molar-refractivity contribution in [2.75, 3.05) is 10.6 Å². The summed E-state index contributed by atoms with van der Waals surface area (Å²) in [5.74, 6) is 1.35. The van der Waals surface area contributed by atoms with Crippen LogP contribution in [0.15, 0.2) is 65.3 Å². The molecular formula is C18H17BrN4. The van der Waals surface area contributed by atoms with Gasteiger partial charge in [-0.2, -0.15) is 4.98 Å². The molecule has 3 aromatic rings. The zero-order valence-corrected chi connectivity index (χ0v) is 14.3. The largest absolute Gasteiger partial charge is 0.350 e. The second-order valence-corrected chi connectivity index (χ2v) is 6.07. The second-order valence-electron chi connectivity index (χ2n) is 5.21. The first-order valence-electron chi connectivity index (χ1n) is 7.35. The van der Waals surface area contributed by atoms with E-state index in [-0.39, 0.29) is 0 Å². The summed E-state index contributed by atoms with van der Waals surface area (Å²) in [6, 6.07) is 18.2. The molecule has 0 saturated carbocycles. The van der Waals surface area contributed by atoms with E-state index >= 15 is 0 Å². The van der Waals surface area contributed by atoms with E-state index in [1.807, 2.05) is 30.3 Å². The molecule has 0 amide bonds. The Morgan fingerprint density at radius 1 is 1.04 bits per heavy atom. The van der Waals surface area contributed by atoms with Gasteiger partial charge in [0.1, 0.15) is 5.82 Å². The number of hydrogen-bond donors (Lipinski definition) is 2. The van der Waals surface area contributed by atoms with E-state index in [1.165, 1.54) is 11.1 Å². The lowest BCUT2D eigenvalue weighted by Gasteiger charge is -2.10. The molecule has 2 N–H and O–H groups in total. The van der Waals surface area contributed by atoms with Crippen molar-refractivity contribution in [2.45, 2.75) is 13.5 Å². The highest BCUT2D eigenvalue weighted by molar-refractivity contribution is 9.10. The van der Waals surface area contributed by atoms with Crippen LogP contribution in [0.1, 0.15) is 11.1 Å². The van der Waals surface area contributed by atoms with Gasteiger partial charge in [0.2, 0.25) is 5.95 Å². The fourth-order valence-corrected chi connectivity index (χ4v) is 2.60. The molecule has 116 valence electrons. The van der Waals surface area contributed by atoms with E-state index < -0.39 is 0 Å². The number of para-hydroxylation sites is 1. The first-order chi connectivity index (χ1) is 11.2. The van der Waals surface area contributed by atoms with Gasteiger partial charge in [-0.3, -0.25) is 0 Å². The van der Waals surface area contributed by atoms with Crippen molar-refractivity contribution in [2.24, 2.45) is 0 Å². The predicted octanol–water partition coefficient (Wildman–Crippen LogP) is 4.90. The molecule has 1 heterocycles. The normalized spacial score (nSPS) is 10.3. The maximum Gasteiger partial charge on any atom is 0.224 e. The Hall–Kier alpha value is -2.40. The predicted molar refractivity (Wildman–Crippen MR) is 98.0 cm³/mol. The zero-order chi connectivity index (χ0) is 16.1. The molecule has 4 nitrogen and oxygen atoms in total. The quantitative estimate of drug-likeness (QED) is 0.672. The molecule has 0 unspecified atom stereocenters. The van der Waals surface area contributed by atoms with Crippen molar-refractivity contribution in [1.29, 1.82) is 0 Å². The number of halogens is 1. The zero-order valence-electron chi connectivity index (χ0n) is 12.8. The van der Waals surface area contributed by atoms with Crippen LogP contribution in [0.2, 0.25) is 0 Å². The molecule has 23 heavy (non-hydrogen) atoms. The van der Waals surface area contributed by atoms with Crippen LogP contribution in [-0.4, -0.2) is 9.97 Å². The van der Waals surface area contributed by atoms with Gasteiger partial charge >= 0.3 is 0 Å². The lowest BCUT2D eigenvalue weighted by atomic mass is 10.1. The van der Waals surface area contributed by atoms with Crippen molar-refractivity contribution in [3.63, 3.8) is 0 Å². The van der Waals surface area contributed by atoms with Crippen LogP contribution in [-0.2, 0) is 6.54 Å². The smallest absolute Gasteiger partial charge is 0.224 e. The van der Waals surface area contributed by atoms with E-state index in [0.717, 1.165) is 16.0 Å². The summed E-state index contributed by atoms with van der Waals surface area (Å²) < 4.78 is 0.993. The van der Waals surface area contributed by atoms with Crippen LogP contribution < -0.4 is 10.6 Å². The summed E-state index contributed by atoms with van der Waals surface area (Å²) in [6.45, 7) is 2.78. The van der Waals surface area contributed by atoms with Crippen LogP contribution in [0.5, 0.6) is 0 Å². The molecule has 0 aliphatic carbocycles. The average molecular weight is 369 g/mol. The Labute approximate surface area is 144 Å². The van der Waals surface area contributed by atoms with E-state index in [2.05, 4.69) is 67.7 Å². The first-order valence-corrected chi connectivity index (χ1v) is 8.14. The van der Waals surface area contributed by atoms with Gasteiger partial charge < -0.3 is 10.6 Å². The van der Waals surface area contributed by atoms with Gasteiger partial charge in [0, 0.05) is 17.2 Å². The summed E-state index contributed by atoms with van der Waals surface area (Å²) in [4.78, 5) is 8.76. The van der Waals surface area contributed by atoms with E-state index in [1.54, 1.807) is 6.20 Å². The Kier molecular flexibility index (Phi) is 4.88. The van der Waals surface area contributed by atoms with Crippen LogP contribution in [0.3, 0.4) is 0 Å². The second kappa shape index (κ2) is 7.24. The fourth-order valence-electron chi connectivity index (χ4n) is 2.22. The number of benzene rings is 2. The van der Waals surface area contributed by atoms with Gasteiger partial charge in [0.15, 0.2) is 0 Å². The summed E-state index contributed by atoms with van der Waals surface area (Å²) in [7, 11) is 0. The number of aromatic nitrogens is 2. The summed E-state index contributed by atoms with van der Waals surface area (Å²) in [6.07, 6.45) is 1.74. The Morgan fingerprint density at radius 2 is 1.91 bits per heavy atom. The van der Waals surface area contributed by atoms with Gasteiger partial charge in [-0.05, 0) is 46.6 Å². The third-order valence-electron chi connectivity index (χ3n) is 3.33. The summed E-state index contributed by atoms with van der Waals surface area (Å²) >= 11 is 3.52. The highest BCUT2D eigenvalue weighted by Crippen LogP contribution is 2.24. The number of anilines is 3. The Morgan fingerprint density at radius 3 is 2.74 bits per heavy atom. The molecule has 0 aliphatic heterocycles. The Balaban J connectivity index is 1.69. The van der Waals surface area contributed by atoms with Gasteiger partial charge in [-0.25, -0.2) is 4.98 Å². The summed E-state index contributed by atoms with van der Waals surface area (Å²) in [5, 5.41) is 6.54. The lowest BCUT2D eigenvalue weighted by Crippen LogP contribution is -2.05. The topological polar surface area (TPSA) is 49.8 Å². The number of aryl methyl sites for hydroxylation is 1. The van der Waals surface area contributed by atoms with Crippen LogP contribution >= 0.6 is 15.9 Å². The molecule has 5 heteroatoms. The molecule has 0 fully saturated rings. The number of nitrogens with zero attached hydrogens (tertiary/aromatic N) is 2. The van der Waals surface area contributed by atoms with Gasteiger partial charge in [0.05, 0.1) is 5.69 Å². The molecule has 3 rings (SSSR count). The van der Waals surface area contributed by atoms with Crippen molar-refractivity contribution >= 4 is 33.4 Å². The van der Waals surface area contributed by atoms with Crippen molar-refractivity contribution in [3.8, 4) is 0 Å². The van der Waals surface area contributed by atoms with Crippen molar-refractivity contribution < 1.29 is 0 Å². The maximum absolute atomic E-state index is 4.49. The number of rotatable bonds is 5. The van der Waals surface area contributed by atoms with Gasteiger partial charge in [-0.15, -0.1) is 0 Å².